The van der Waals surface area contributed by atoms with E-state index in [-0.39, 0.29) is 5.97 Å². The summed E-state index contributed by atoms with van der Waals surface area (Å²) in [5, 5.41) is 0. The zero-order valence-corrected chi connectivity index (χ0v) is 8.76. The number of H-pyrrole nitrogens is 1. The first-order chi connectivity index (χ1) is 6.65. The molecule has 0 atom stereocenters. The van der Waals surface area contributed by atoms with Crippen LogP contribution in [0.2, 0.25) is 0 Å². The van der Waals surface area contributed by atoms with Gasteiger partial charge in [-0.25, -0.2) is 4.79 Å². The Morgan fingerprint density at radius 1 is 1.57 bits per heavy atom. The van der Waals surface area contributed by atoms with E-state index in [1.807, 2.05) is 20.0 Å². The molecule has 3 heteroatoms. The van der Waals surface area contributed by atoms with E-state index in [1.54, 1.807) is 13.0 Å². The summed E-state index contributed by atoms with van der Waals surface area (Å²) in [5.41, 5.74) is 3.24. The molecule has 0 saturated carbocycles. The number of carbonyl (C=O) groups excluding carboxylic acids is 1. The summed E-state index contributed by atoms with van der Waals surface area (Å²) in [6.07, 6.45) is 5.14. The van der Waals surface area contributed by atoms with Gasteiger partial charge in [0.25, 0.3) is 0 Å². The first-order valence-corrected chi connectivity index (χ1v) is 4.64. The van der Waals surface area contributed by atoms with Crippen LogP contribution in [0.25, 0.3) is 6.08 Å². The number of nitrogens with one attached hydrogen (secondary N) is 1. The Labute approximate surface area is 83.8 Å². The van der Waals surface area contributed by atoms with E-state index in [0.29, 0.717) is 6.61 Å². The lowest BCUT2D eigenvalue weighted by Gasteiger charge is -1.95. The molecule has 1 aromatic heterocycles. The lowest BCUT2D eigenvalue weighted by atomic mass is 10.1. The highest BCUT2D eigenvalue weighted by Gasteiger charge is 2.01. The summed E-state index contributed by atoms with van der Waals surface area (Å²) in [6, 6.07) is 0. The van der Waals surface area contributed by atoms with Gasteiger partial charge in [0.2, 0.25) is 0 Å². The normalized spacial score (nSPS) is 10.8. The largest absolute Gasteiger partial charge is 0.463 e. The molecule has 1 heterocycles. The molecule has 0 saturated heterocycles. The van der Waals surface area contributed by atoms with E-state index >= 15 is 0 Å². The number of esters is 1. The van der Waals surface area contributed by atoms with Crippen molar-refractivity contribution in [1.29, 1.82) is 0 Å². The van der Waals surface area contributed by atoms with Gasteiger partial charge < -0.3 is 9.72 Å². The molecule has 0 spiro atoms. The van der Waals surface area contributed by atoms with Gasteiger partial charge in [0.15, 0.2) is 0 Å². The minimum atomic E-state index is -0.299. The Hall–Kier alpha value is -1.51. The average Bonchev–Trinajstić information content (AvgIpc) is 2.44. The number of aromatic nitrogens is 1. The van der Waals surface area contributed by atoms with Crippen LogP contribution in [0.3, 0.4) is 0 Å². The van der Waals surface area contributed by atoms with Gasteiger partial charge in [-0.1, -0.05) is 0 Å². The minimum absolute atomic E-state index is 0.299. The summed E-state index contributed by atoms with van der Waals surface area (Å²) in [7, 11) is 0. The van der Waals surface area contributed by atoms with E-state index in [4.69, 9.17) is 4.74 Å². The van der Waals surface area contributed by atoms with E-state index in [2.05, 4.69) is 4.98 Å². The molecular formula is C11H15NO2. The molecule has 1 aromatic rings. The minimum Gasteiger partial charge on any atom is -0.463 e. The lowest BCUT2D eigenvalue weighted by molar-refractivity contribution is -0.137. The van der Waals surface area contributed by atoms with Crippen molar-refractivity contribution < 1.29 is 9.53 Å². The van der Waals surface area contributed by atoms with Gasteiger partial charge in [-0.3, -0.25) is 0 Å². The predicted molar refractivity (Wildman–Crippen MR) is 55.9 cm³/mol. The van der Waals surface area contributed by atoms with Gasteiger partial charge in [0.05, 0.1) is 6.61 Å². The molecular weight excluding hydrogens is 178 g/mol. The fourth-order valence-electron chi connectivity index (χ4n) is 1.27. The highest BCUT2D eigenvalue weighted by atomic mass is 16.5. The Morgan fingerprint density at radius 3 is 2.79 bits per heavy atom. The number of hydrogen-bond acceptors (Lipinski definition) is 2. The second-order valence-corrected chi connectivity index (χ2v) is 3.10. The van der Waals surface area contributed by atoms with Gasteiger partial charge in [-0.05, 0) is 38.0 Å². The molecule has 0 radical (unpaired) electrons. The molecule has 14 heavy (non-hydrogen) atoms. The first kappa shape index (κ1) is 10.6. The van der Waals surface area contributed by atoms with Crippen LogP contribution >= 0.6 is 0 Å². The molecule has 1 N–H and O–H groups in total. The van der Waals surface area contributed by atoms with Gasteiger partial charge in [0, 0.05) is 18.0 Å². The number of ether oxygens (including phenoxy) is 1. The van der Waals surface area contributed by atoms with Crippen molar-refractivity contribution in [3.05, 3.63) is 29.1 Å². The van der Waals surface area contributed by atoms with Crippen molar-refractivity contribution in [3.8, 4) is 0 Å². The third-order valence-corrected chi connectivity index (χ3v) is 2.01. The summed E-state index contributed by atoms with van der Waals surface area (Å²) < 4.78 is 4.78. The Kier molecular flexibility index (Phi) is 3.51. The molecule has 0 aromatic carbocycles. The Balaban J connectivity index is 2.73. The highest BCUT2D eigenvalue weighted by Crippen LogP contribution is 2.13. The third-order valence-electron chi connectivity index (χ3n) is 2.01. The van der Waals surface area contributed by atoms with E-state index < -0.39 is 0 Å². The van der Waals surface area contributed by atoms with E-state index in [1.165, 1.54) is 6.08 Å². The summed E-state index contributed by atoms with van der Waals surface area (Å²) in [6.45, 7) is 6.17. The average molecular weight is 193 g/mol. The van der Waals surface area contributed by atoms with Crippen LogP contribution in [-0.2, 0) is 9.53 Å². The van der Waals surface area contributed by atoms with Crippen molar-refractivity contribution in [2.75, 3.05) is 6.61 Å². The molecule has 0 bridgehead atoms. The number of aromatic amines is 1. The maximum atomic E-state index is 11.0. The number of hydrogen-bond donors (Lipinski definition) is 1. The van der Waals surface area contributed by atoms with Crippen molar-refractivity contribution in [2.45, 2.75) is 20.8 Å². The van der Waals surface area contributed by atoms with Gasteiger partial charge in [-0.15, -0.1) is 0 Å². The van der Waals surface area contributed by atoms with Crippen LogP contribution < -0.4 is 0 Å². The fraction of sp³-hybridized carbons (Fsp3) is 0.364. The lowest BCUT2D eigenvalue weighted by Crippen LogP contribution is -1.98. The van der Waals surface area contributed by atoms with Crippen LogP contribution in [0.4, 0.5) is 0 Å². The van der Waals surface area contributed by atoms with Crippen LogP contribution in [-0.4, -0.2) is 17.6 Å². The van der Waals surface area contributed by atoms with Crippen LogP contribution in [0.1, 0.15) is 23.7 Å². The summed E-state index contributed by atoms with van der Waals surface area (Å²) in [4.78, 5) is 14.1. The maximum Gasteiger partial charge on any atom is 0.330 e. The van der Waals surface area contributed by atoms with Crippen LogP contribution in [0.5, 0.6) is 0 Å². The number of rotatable bonds is 3. The van der Waals surface area contributed by atoms with Crippen molar-refractivity contribution >= 4 is 12.0 Å². The van der Waals surface area contributed by atoms with Gasteiger partial charge in [0.1, 0.15) is 0 Å². The summed E-state index contributed by atoms with van der Waals surface area (Å²) in [5.74, 6) is -0.299. The molecule has 0 amide bonds. The van der Waals surface area contributed by atoms with Crippen LogP contribution in [0, 0.1) is 13.8 Å². The molecule has 0 unspecified atom stereocenters. The zero-order chi connectivity index (χ0) is 10.6. The molecule has 1 rings (SSSR count). The third kappa shape index (κ3) is 2.49. The van der Waals surface area contributed by atoms with Crippen molar-refractivity contribution in [3.63, 3.8) is 0 Å². The van der Waals surface area contributed by atoms with E-state index in [9.17, 15) is 4.79 Å². The zero-order valence-electron chi connectivity index (χ0n) is 8.76. The molecule has 76 valence electrons. The first-order valence-electron chi connectivity index (χ1n) is 4.64. The SMILES string of the molecule is CCOC(=O)C=Cc1c(C)c[nH]c1C. The maximum absolute atomic E-state index is 11.0. The highest BCUT2D eigenvalue weighted by molar-refractivity contribution is 5.87. The summed E-state index contributed by atoms with van der Waals surface area (Å²) >= 11 is 0. The fourth-order valence-corrected chi connectivity index (χ4v) is 1.27. The van der Waals surface area contributed by atoms with Gasteiger partial charge >= 0.3 is 5.97 Å². The molecule has 0 aliphatic rings. The Morgan fingerprint density at radius 2 is 2.29 bits per heavy atom. The standard InChI is InChI=1S/C11H15NO2/c1-4-14-11(13)6-5-10-8(2)7-12-9(10)3/h5-7,12H,4H2,1-3H3. The van der Waals surface area contributed by atoms with Crippen molar-refractivity contribution in [1.82, 2.24) is 4.98 Å². The van der Waals surface area contributed by atoms with Gasteiger partial charge in [-0.2, -0.15) is 0 Å². The Bertz CT molecular complexity index is 331. The molecule has 0 fully saturated rings. The second kappa shape index (κ2) is 4.65. The van der Waals surface area contributed by atoms with Crippen molar-refractivity contribution in [2.24, 2.45) is 0 Å². The smallest absolute Gasteiger partial charge is 0.330 e. The second-order valence-electron chi connectivity index (χ2n) is 3.10. The number of carbonyl (C=O) groups is 1. The van der Waals surface area contributed by atoms with Crippen LogP contribution in [0.15, 0.2) is 12.3 Å². The van der Waals surface area contributed by atoms with E-state index in [0.717, 1.165) is 16.8 Å². The quantitative estimate of drug-likeness (QED) is 0.590. The molecule has 0 aliphatic carbocycles. The molecule has 0 aliphatic heterocycles. The molecule has 3 nitrogen and oxygen atoms in total. The monoisotopic (exact) mass is 193 g/mol. The number of aryl methyl sites for hydroxylation is 2. The predicted octanol–water partition coefficient (Wildman–Crippen LogP) is 2.21. The topological polar surface area (TPSA) is 42.1 Å².